The van der Waals surface area contributed by atoms with Gasteiger partial charge in [0.1, 0.15) is 5.75 Å². The van der Waals surface area contributed by atoms with E-state index in [0.29, 0.717) is 6.61 Å². The van der Waals surface area contributed by atoms with E-state index >= 15 is 0 Å². The Morgan fingerprint density at radius 2 is 1.82 bits per heavy atom. The first-order chi connectivity index (χ1) is 10.9. The van der Waals surface area contributed by atoms with Gasteiger partial charge >= 0.3 is 0 Å². The summed E-state index contributed by atoms with van der Waals surface area (Å²) < 4.78 is 7.39. The second-order valence-electron chi connectivity index (χ2n) is 4.54. The number of nitrogens with zero attached hydrogens (tertiary/aromatic N) is 4. The van der Waals surface area contributed by atoms with Crippen LogP contribution >= 0.6 is 11.8 Å². The molecule has 5 nitrogen and oxygen atoms in total. The summed E-state index contributed by atoms with van der Waals surface area (Å²) in [5.41, 5.74) is 2.09. The summed E-state index contributed by atoms with van der Waals surface area (Å²) in [5.74, 6) is 1.67. The van der Waals surface area contributed by atoms with Crippen molar-refractivity contribution in [1.29, 1.82) is 0 Å². The number of thioether (sulfide) groups is 1. The molecule has 6 heteroatoms. The Labute approximate surface area is 133 Å². The molecule has 3 aromatic rings. The van der Waals surface area contributed by atoms with E-state index in [1.807, 2.05) is 55.5 Å². The van der Waals surface area contributed by atoms with Gasteiger partial charge in [0, 0.05) is 11.3 Å². The van der Waals surface area contributed by atoms with Crippen molar-refractivity contribution in [3.63, 3.8) is 0 Å². The molecule has 0 fully saturated rings. The summed E-state index contributed by atoms with van der Waals surface area (Å²) in [7, 11) is 0. The van der Waals surface area contributed by atoms with Crippen LogP contribution in [0.5, 0.6) is 5.75 Å². The van der Waals surface area contributed by atoms with Gasteiger partial charge in [-0.15, -0.1) is 5.10 Å². The van der Waals surface area contributed by atoms with Crippen LogP contribution < -0.4 is 4.74 Å². The highest BCUT2D eigenvalue weighted by Gasteiger charge is 2.10. The lowest BCUT2D eigenvalue weighted by Gasteiger charge is -2.09. The average Bonchev–Trinajstić information content (AvgIpc) is 3.04. The second-order valence-corrected chi connectivity index (χ2v) is 5.48. The number of rotatable bonds is 6. The minimum absolute atomic E-state index is 0.656. The summed E-state index contributed by atoms with van der Waals surface area (Å²) >= 11 is 1.59. The minimum atomic E-state index is 0.656. The molecule has 0 atom stereocenters. The molecule has 0 aliphatic heterocycles. The van der Waals surface area contributed by atoms with Gasteiger partial charge < -0.3 is 4.74 Å². The first kappa shape index (κ1) is 14.6. The van der Waals surface area contributed by atoms with Crippen LogP contribution in [0.1, 0.15) is 12.5 Å². The Hall–Kier alpha value is -2.34. The van der Waals surface area contributed by atoms with E-state index in [-0.39, 0.29) is 0 Å². The van der Waals surface area contributed by atoms with Crippen LogP contribution in [0.25, 0.3) is 5.69 Å². The van der Waals surface area contributed by atoms with Crippen LogP contribution in [0.15, 0.2) is 59.8 Å². The molecule has 2 aromatic carbocycles. The SMILES string of the molecule is CCOc1ccccc1CSc1nnnn1-c1ccccc1. The van der Waals surface area contributed by atoms with Gasteiger partial charge in [0.2, 0.25) is 5.16 Å². The minimum Gasteiger partial charge on any atom is -0.494 e. The lowest BCUT2D eigenvalue weighted by atomic mass is 10.2. The molecule has 0 N–H and O–H groups in total. The number of benzene rings is 2. The zero-order valence-corrected chi connectivity index (χ0v) is 13.0. The first-order valence-electron chi connectivity index (χ1n) is 7.06. The standard InChI is InChI=1S/C16H16N4OS/c1-2-21-15-11-7-6-8-13(15)12-22-16-17-18-19-20(16)14-9-4-3-5-10-14/h3-11H,2,12H2,1H3. The lowest BCUT2D eigenvalue weighted by Crippen LogP contribution is -1.99. The van der Waals surface area contributed by atoms with Gasteiger partial charge in [0.15, 0.2) is 0 Å². The third-order valence-corrected chi connectivity index (χ3v) is 4.04. The van der Waals surface area contributed by atoms with Crippen molar-refractivity contribution in [3.8, 4) is 11.4 Å². The summed E-state index contributed by atoms with van der Waals surface area (Å²) in [6.07, 6.45) is 0. The van der Waals surface area contributed by atoms with Gasteiger partial charge in [0.25, 0.3) is 0 Å². The zero-order valence-electron chi connectivity index (χ0n) is 12.2. The Kier molecular flexibility index (Phi) is 4.70. The fraction of sp³-hybridized carbons (Fsp3) is 0.188. The molecule has 1 aromatic heterocycles. The van der Waals surface area contributed by atoms with Crippen LogP contribution in [-0.2, 0) is 5.75 Å². The van der Waals surface area contributed by atoms with Crippen LogP contribution in [0.3, 0.4) is 0 Å². The van der Waals surface area contributed by atoms with E-state index in [9.17, 15) is 0 Å². The van der Waals surface area contributed by atoms with E-state index in [0.717, 1.165) is 27.9 Å². The molecule has 3 rings (SSSR count). The fourth-order valence-corrected chi connectivity index (χ4v) is 2.94. The van der Waals surface area contributed by atoms with Gasteiger partial charge in [0.05, 0.1) is 12.3 Å². The highest BCUT2D eigenvalue weighted by molar-refractivity contribution is 7.98. The quantitative estimate of drug-likeness (QED) is 0.653. The monoisotopic (exact) mass is 312 g/mol. The molecule has 0 saturated heterocycles. The third kappa shape index (κ3) is 3.28. The molecule has 0 aliphatic carbocycles. The summed E-state index contributed by atoms with van der Waals surface area (Å²) in [6, 6.07) is 17.9. The maximum absolute atomic E-state index is 5.65. The van der Waals surface area contributed by atoms with Crippen molar-refractivity contribution in [3.05, 3.63) is 60.2 Å². The Balaban J connectivity index is 1.77. The van der Waals surface area contributed by atoms with Gasteiger partial charge in [-0.05, 0) is 35.5 Å². The van der Waals surface area contributed by atoms with E-state index < -0.39 is 0 Å². The molecule has 1 heterocycles. The lowest BCUT2D eigenvalue weighted by molar-refractivity contribution is 0.337. The molecule has 22 heavy (non-hydrogen) atoms. The smallest absolute Gasteiger partial charge is 0.214 e. The van der Waals surface area contributed by atoms with Crippen LogP contribution in [0, 0.1) is 0 Å². The number of tetrazole rings is 1. The summed E-state index contributed by atoms with van der Waals surface area (Å²) in [5, 5.41) is 12.7. The summed E-state index contributed by atoms with van der Waals surface area (Å²) in [4.78, 5) is 0. The van der Waals surface area contributed by atoms with Gasteiger partial charge in [-0.2, -0.15) is 4.68 Å². The molecule has 0 amide bonds. The largest absolute Gasteiger partial charge is 0.494 e. The molecule has 0 aliphatic rings. The zero-order chi connectivity index (χ0) is 15.2. The molecule has 0 radical (unpaired) electrons. The molecular weight excluding hydrogens is 296 g/mol. The highest BCUT2D eigenvalue weighted by atomic mass is 32.2. The predicted molar refractivity (Wildman–Crippen MR) is 86.3 cm³/mol. The second kappa shape index (κ2) is 7.09. The van der Waals surface area contributed by atoms with Crippen molar-refractivity contribution in [1.82, 2.24) is 20.2 Å². The van der Waals surface area contributed by atoms with Gasteiger partial charge in [-0.3, -0.25) is 0 Å². The van der Waals surface area contributed by atoms with Crippen LogP contribution in [-0.4, -0.2) is 26.8 Å². The number of hydrogen-bond donors (Lipinski definition) is 0. The maximum atomic E-state index is 5.65. The highest BCUT2D eigenvalue weighted by Crippen LogP contribution is 2.27. The van der Waals surface area contributed by atoms with Crippen molar-refractivity contribution in [2.24, 2.45) is 0 Å². The predicted octanol–water partition coefficient (Wildman–Crippen LogP) is 3.35. The van der Waals surface area contributed by atoms with E-state index in [1.54, 1.807) is 16.4 Å². The van der Waals surface area contributed by atoms with E-state index in [2.05, 4.69) is 21.6 Å². The fourth-order valence-electron chi connectivity index (χ4n) is 2.06. The maximum Gasteiger partial charge on any atom is 0.214 e. The number of para-hydroxylation sites is 2. The van der Waals surface area contributed by atoms with Crippen molar-refractivity contribution < 1.29 is 4.74 Å². The molecular formula is C16H16N4OS. The van der Waals surface area contributed by atoms with Gasteiger partial charge in [-0.25, -0.2) is 0 Å². The number of ether oxygens (including phenoxy) is 1. The Morgan fingerprint density at radius 1 is 1.05 bits per heavy atom. The van der Waals surface area contributed by atoms with Crippen LogP contribution in [0.4, 0.5) is 0 Å². The Morgan fingerprint density at radius 3 is 2.64 bits per heavy atom. The molecule has 112 valence electrons. The third-order valence-electron chi connectivity index (χ3n) is 3.07. The van der Waals surface area contributed by atoms with E-state index in [1.165, 1.54) is 0 Å². The molecule has 0 spiro atoms. The summed E-state index contributed by atoms with van der Waals surface area (Å²) in [6.45, 7) is 2.64. The number of aromatic nitrogens is 4. The van der Waals surface area contributed by atoms with Crippen molar-refractivity contribution in [2.45, 2.75) is 17.8 Å². The first-order valence-corrected chi connectivity index (χ1v) is 8.04. The van der Waals surface area contributed by atoms with E-state index in [4.69, 9.17) is 4.74 Å². The number of hydrogen-bond acceptors (Lipinski definition) is 5. The average molecular weight is 312 g/mol. The normalized spacial score (nSPS) is 10.6. The Bertz CT molecular complexity index is 730. The van der Waals surface area contributed by atoms with Crippen molar-refractivity contribution in [2.75, 3.05) is 6.61 Å². The van der Waals surface area contributed by atoms with Crippen LogP contribution in [0.2, 0.25) is 0 Å². The topological polar surface area (TPSA) is 52.8 Å². The van der Waals surface area contributed by atoms with Gasteiger partial charge in [-0.1, -0.05) is 48.2 Å². The molecule has 0 saturated carbocycles. The molecule has 0 unspecified atom stereocenters. The molecule has 0 bridgehead atoms. The van der Waals surface area contributed by atoms with Crippen molar-refractivity contribution >= 4 is 11.8 Å².